The van der Waals surface area contributed by atoms with Crippen molar-refractivity contribution in [3.05, 3.63) is 65.7 Å². The van der Waals surface area contributed by atoms with E-state index in [0.29, 0.717) is 36.1 Å². The maximum Gasteiger partial charge on any atom is 0.243 e. The van der Waals surface area contributed by atoms with Gasteiger partial charge in [-0.1, -0.05) is 41.9 Å². The van der Waals surface area contributed by atoms with Crippen LogP contribution >= 0.6 is 11.6 Å². The molecule has 0 radical (unpaired) electrons. The molecule has 0 aromatic heterocycles. The predicted octanol–water partition coefficient (Wildman–Crippen LogP) is 4.01. The minimum Gasteiger partial charge on any atom is -0.495 e. The fourth-order valence-electron chi connectivity index (χ4n) is 3.56. The van der Waals surface area contributed by atoms with E-state index in [0.717, 1.165) is 22.2 Å². The van der Waals surface area contributed by atoms with Gasteiger partial charge in [-0.25, -0.2) is 8.42 Å². The number of ether oxygens (including phenoxy) is 1. The molecular formula is C21H21ClN2O3S. The Bertz CT molecular complexity index is 1110. The van der Waals surface area contributed by atoms with Crippen molar-refractivity contribution in [2.24, 2.45) is 0 Å². The second-order valence-electron chi connectivity index (χ2n) is 6.72. The van der Waals surface area contributed by atoms with Crippen LogP contribution in [0.2, 0.25) is 5.02 Å². The number of nitrogens with zero attached hydrogens (tertiary/aromatic N) is 2. The molecular weight excluding hydrogens is 396 g/mol. The van der Waals surface area contributed by atoms with Crippen LogP contribution in [0.25, 0.3) is 10.8 Å². The van der Waals surface area contributed by atoms with Crippen molar-refractivity contribution in [1.29, 1.82) is 0 Å². The molecule has 3 aromatic carbocycles. The van der Waals surface area contributed by atoms with Gasteiger partial charge in [0, 0.05) is 31.2 Å². The molecule has 146 valence electrons. The maximum atomic E-state index is 13.1. The molecule has 1 aliphatic rings. The molecule has 1 aliphatic heterocycles. The Kier molecular flexibility index (Phi) is 5.19. The summed E-state index contributed by atoms with van der Waals surface area (Å²) in [7, 11) is -1.92. The SMILES string of the molecule is COc1ccc(Cl)cc1N1CCN(S(=O)(=O)c2ccc3ccccc3c2)CC1. The third-order valence-electron chi connectivity index (χ3n) is 5.08. The summed E-state index contributed by atoms with van der Waals surface area (Å²) < 4.78 is 33.2. The maximum absolute atomic E-state index is 13.1. The molecule has 0 atom stereocenters. The summed E-state index contributed by atoms with van der Waals surface area (Å²) in [6.07, 6.45) is 0. The summed E-state index contributed by atoms with van der Waals surface area (Å²) in [6, 6.07) is 18.5. The Balaban J connectivity index is 1.55. The van der Waals surface area contributed by atoms with Crippen molar-refractivity contribution >= 4 is 38.1 Å². The minimum absolute atomic E-state index is 0.333. The summed E-state index contributed by atoms with van der Waals surface area (Å²) >= 11 is 6.13. The van der Waals surface area contributed by atoms with Crippen LogP contribution in [0.15, 0.2) is 65.6 Å². The lowest BCUT2D eigenvalue weighted by Crippen LogP contribution is -2.48. The van der Waals surface area contributed by atoms with E-state index in [9.17, 15) is 8.42 Å². The van der Waals surface area contributed by atoms with Gasteiger partial charge in [-0.2, -0.15) is 4.31 Å². The lowest BCUT2D eigenvalue weighted by Gasteiger charge is -2.36. The van der Waals surface area contributed by atoms with Crippen molar-refractivity contribution in [2.75, 3.05) is 38.2 Å². The van der Waals surface area contributed by atoms with E-state index in [1.54, 1.807) is 29.6 Å². The third-order valence-corrected chi connectivity index (χ3v) is 7.21. The number of methoxy groups -OCH3 is 1. The minimum atomic E-state index is -3.53. The number of hydrogen-bond acceptors (Lipinski definition) is 4. The van der Waals surface area contributed by atoms with Gasteiger partial charge >= 0.3 is 0 Å². The summed E-state index contributed by atoms with van der Waals surface area (Å²) in [5.41, 5.74) is 0.887. The molecule has 7 heteroatoms. The number of rotatable bonds is 4. The van der Waals surface area contributed by atoms with Gasteiger partial charge in [0.1, 0.15) is 5.75 Å². The standard InChI is InChI=1S/C21H21ClN2O3S/c1-27-21-9-7-18(22)15-20(21)23-10-12-24(13-11-23)28(25,26)19-8-6-16-4-2-3-5-17(16)14-19/h2-9,14-15H,10-13H2,1H3. The molecule has 1 fully saturated rings. The quantitative estimate of drug-likeness (QED) is 0.644. The van der Waals surface area contributed by atoms with Crippen molar-refractivity contribution in [3.63, 3.8) is 0 Å². The van der Waals surface area contributed by atoms with E-state index in [2.05, 4.69) is 4.90 Å². The highest BCUT2D eigenvalue weighted by Crippen LogP contribution is 2.32. The topological polar surface area (TPSA) is 49.9 Å². The molecule has 0 saturated carbocycles. The van der Waals surface area contributed by atoms with Crippen molar-refractivity contribution in [3.8, 4) is 5.75 Å². The van der Waals surface area contributed by atoms with Crippen LogP contribution in [-0.2, 0) is 10.0 Å². The van der Waals surface area contributed by atoms with Gasteiger partial charge in [-0.15, -0.1) is 0 Å². The zero-order valence-electron chi connectivity index (χ0n) is 15.5. The smallest absolute Gasteiger partial charge is 0.243 e. The Morgan fingerprint density at radius 2 is 1.61 bits per heavy atom. The molecule has 0 bridgehead atoms. The van der Waals surface area contributed by atoms with E-state index in [-0.39, 0.29) is 0 Å². The number of sulfonamides is 1. The van der Waals surface area contributed by atoms with Gasteiger partial charge in [0.25, 0.3) is 0 Å². The van der Waals surface area contributed by atoms with Gasteiger partial charge in [-0.3, -0.25) is 0 Å². The van der Waals surface area contributed by atoms with Gasteiger partial charge in [0.2, 0.25) is 10.0 Å². The lowest BCUT2D eigenvalue weighted by atomic mass is 10.1. The van der Waals surface area contributed by atoms with E-state index < -0.39 is 10.0 Å². The van der Waals surface area contributed by atoms with Crippen LogP contribution in [0.1, 0.15) is 0 Å². The number of piperazine rings is 1. The number of benzene rings is 3. The summed E-state index contributed by atoms with van der Waals surface area (Å²) in [5, 5.41) is 2.58. The average Bonchev–Trinajstić information content (AvgIpc) is 2.73. The summed E-state index contributed by atoms with van der Waals surface area (Å²) in [6.45, 7) is 1.96. The highest BCUT2D eigenvalue weighted by molar-refractivity contribution is 7.89. The molecule has 28 heavy (non-hydrogen) atoms. The number of halogens is 1. The molecule has 5 nitrogen and oxygen atoms in total. The third kappa shape index (κ3) is 3.55. The van der Waals surface area contributed by atoms with Crippen LogP contribution < -0.4 is 9.64 Å². The second-order valence-corrected chi connectivity index (χ2v) is 9.09. The predicted molar refractivity (Wildman–Crippen MR) is 113 cm³/mol. The molecule has 0 spiro atoms. The average molecular weight is 417 g/mol. The normalized spacial score (nSPS) is 15.7. The Morgan fingerprint density at radius 3 is 2.32 bits per heavy atom. The Morgan fingerprint density at radius 1 is 0.893 bits per heavy atom. The van der Waals surface area contributed by atoms with Crippen LogP contribution in [0.3, 0.4) is 0 Å². The number of anilines is 1. The van der Waals surface area contributed by atoms with E-state index >= 15 is 0 Å². The lowest BCUT2D eigenvalue weighted by molar-refractivity contribution is 0.378. The van der Waals surface area contributed by atoms with Gasteiger partial charge in [-0.05, 0) is 41.1 Å². The molecule has 3 aromatic rings. The van der Waals surface area contributed by atoms with Crippen LogP contribution in [-0.4, -0.2) is 46.0 Å². The molecule has 0 amide bonds. The Hall–Kier alpha value is -2.28. The highest BCUT2D eigenvalue weighted by Gasteiger charge is 2.29. The first kappa shape index (κ1) is 19.1. The zero-order valence-corrected chi connectivity index (χ0v) is 17.1. The van der Waals surface area contributed by atoms with Crippen LogP contribution in [0, 0.1) is 0 Å². The van der Waals surface area contributed by atoms with Gasteiger partial charge in [0.15, 0.2) is 0 Å². The molecule has 0 unspecified atom stereocenters. The second kappa shape index (κ2) is 7.62. The highest BCUT2D eigenvalue weighted by atomic mass is 35.5. The zero-order chi connectivity index (χ0) is 19.7. The van der Waals surface area contributed by atoms with E-state index in [1.165, 1.54) is 0 Å². The molecule has 1 saturated heterocycles. The summed E-state index contributed by atoms with van der Waals surface area (Å²) in [4.78, 5) is 2.44. The fourth-order valence-corrected chi connectivity index (χ4v) is 5.18. The summed E-state index contributed by atoms with van der Waals surface area (Å²) in [5.74, 6) is 0.732. The first-order valence-corrected chi connectivity index (χ1v) is 10.9. The monoisotopic (exact) mass is 416 g/mol. The van der Waals surface area contributed by atoms with Crippen molar-refractivity contribution < 1.29 is 13.2 Å². The molecule has 0 N–H and O–H groups in total. The largest absolute Gasteiger partial charge is 0.495 e. The van der Waals surface area contributed by atoms with Crippen molar-refractivity contribution in [1.82, 2.24) is 4.31 Å². The number of hydrogen-bond donors (Lipinski definition) is 0. The van der Waals surface area contributed by atoms with E-state index in [1.807, 2.05) is 42.5 Å². The number of fused-ring (bicyclic) bond motifs is 1. The van der Waals surface area contributed by atoms with Gasteiger partial charge in [0.05, 0.1) is 17.7 Å². The van der Waals surface area contributed by atoms with Crippen molar-refractivity contribution in [2.45, 2.75) is 4.90 Å². The molecule has 0 aliphatic carbocycles. The first-order valence-electron chi connectivity index (χ1n) is 9.06. The molecule has 1 heterocycles. The van der Waals surface area contributed by atoms with Crippen LogP contribution in [0.5, 0.6) is 5.75 Å². The first-order chi connectivity index (χ1) is 13.5. The van der Waals surface area contributed by atoms with E-state index in [4.69, 9.17) is 16.3 Å². The molecule has 4 rings (SSSR count). The van der Waals surface area contributed by atoms with Crippen LogP contribution in [0.4, 0.5) is 5.69 Å². The Labute approximate surface area is 170 Å². The fraction of sp³-hybridized carbons (Fsp3) is 0.238. The van der Waals surface area contributed by atoms with Gasteiger partial charge < -0.3 is 9.64 Å².